The molecule has 1 aromatic heterocycles. The molecule has 0 aromatic carbocycles. The number of hydrogen-bond acceptors (Lipinski definition) is 10. The minimum Gasteiger partial charge on any atom is -0.467 e. The molecule has 0 unspecified atom stereocenters. The summed E-state index contributed by atoms with van der Waals surface area (Å²) >= 11 is 0. The Morgan fingerprint density at radius 2 is 2.02 bits per heavy atom. The zero-order valence-electron chi connectivity index (χ0n) is 24.5. The van der Waals surface area contributed by atoms with E-state index in [-0.39, 0.29) is 36.2 Å². The number of rotatable bonds is 9. The van der Waals surface area contributed by atoms with Crippen molar-refractivity contribution in [2.24, 2.45) is 33.7 Å². The number of fused-ring (bicyclic) bond motifs is 5. The molecular formula is C30H42N4O8. The quantitative estimate of drug-likeness (QED) is 0.210. The van der Waals surface area contributed by atoms with E-state index in [1.54, 1.807) is 6.20 Å². The van der Waals surface area contributed by atoms with Crippen molar-refractivity contribution in [1.82, 2.24) is 15.3 Å². The lowest BCUT2D eigenvalue weighted by atomic mass is 9.45. The van der Waals surface area contributed by atoms with Gasteiger partial charge >= 0.3 is 5.97 Å². The molecule has 12 heteroatoms. The normalized spacial score (nSPS) is 37.1. The predicted molar refractivity (Wildman–Crippen MR) is 150 cm³/mol. The zero-order valence-corrected chi connectivity index (χ0v) is 24.5. The molecule has 1 amide bonds. The highest BCUT2D eigenvalue weighted by Gasteiger charge is 2.68. The minimum absolute atomic E-state index is 0.0134. The van der Waals surface area contributed by atoms with E-state index in [1.165, 1.54) is 19.0 Å². The second-order valence-electron chi connectivity index (χ2n) is 12.9. The third-order valence-electron chi connectivity index (χ3n) is 10.8. The lowest BCUT2D eigenvalue weighted by molar-refractivity contribution is -0.181. The van der Waals surface area contributed by atoms with Crippen LogP contribution in [0.15, 0.2) is 29.3 Å². The highest BCUT2D eigenvalue weighted by molar-refractivity contribution is 5.96. The number of nitrogens with one attached hydrogen (secondary N) is 2. The van der Waals surface area contributed by atoms with Crippen LogP contribution in [-0.4, -0.2) is 86.7 Å². The maximum atomic E-state index is 12.6. The fourth-order valence-electron chi connectivity index (χ4n) is 8.73. The van der Waals surface area contributed by atoms with E-state index >= 15 is 0 Å². The number of Topliss-reactive ketones (excluding diaryl/α,β-unsaturated/α-hetero) is 1. The van der Waals surface area contributed by atoms with Crippen LogP contribution in [0.5, 0.6) is 0 Å². The number of methoxy groups -OCH3 is 1. The third kappa shape index (κ3) is 5.07. The summed E-state index contributed by atoms with van der Waals surface area (Å²) in [5.41, 5.74) is -0.0624. The van der Waals surface area contributed by atoms with Crippen molar-refractivity contribution in [2.75, 3.05) is 20.3 Å². The number of hydrogen-bond donors (Lipinski definition) is 5. The summed E-state index contributed by atoms with van der Waals surface area (Å²) in [4.78, 5) is 49.4. The van der Waals surface area contributed by atoms with Gasteiger partial charge in [0.25, 0.3) is 5.91 Å². The van der Waals surface area contributed by atoms with E-state index in [9.17, 15) is 29.7 Å². The Morgan fingerprint density at radius 3 is 2.71 bits per heavy atom. The summed E-state index contributed by atoms with van der Waals surface area (Å²) < 4.78 is 4.80. The number of H-pyrrole nitrogens is 1. The fraction of sp³-hybridized carbons (Fsp3) is 0.700. The number of esters is 1. The van der Waals surface area contributed by atoms with Crippen LogP contribution < -0.4 is 5.32 Å². The Hall–Kier alpha value is -3.09. The summed E-state index contributed by atoms with van der Waals surface area (Å²) in [6, 6.07) is -0.895. The highest BCUT2D eigenvalue weighted by Crippen LogP contribution is 2.67. The first-order chi connectivity index (χ1) is 20.0. The summed E-state index contributed by atoms with van der Waals surface area (Å²) in [6.45, 7) is 3.05. The molecule has 8 atom stereocenters. The van der Waals surface area contributed by atoms with Gasteiger partial charge in [0, 0.05) is 23.7 Å². The van der Waals surface area contributed by atoms with Crippen LogP contribution in [-0.2, 0) is 30.4 Å². The highest BCUT2D eigenvalue weighted by atomic mass is 16.6. The molecule has 0 bridgehead atoms. The fourth-order valence-corrected chi connectivity index (χ4v) is 8.73. The van der Waals surface area contributed by atoms with Gasteiger partial charge in [-0.2, -0.15) is 0 Å². The van der Waals surface area contributed by atoms with Gasteiger partial charge in [-0.1, -0.05) is 24.6 Å². The average molecular weight is 587 g/mol. The van der Waals surface area contributed by atoms with Crippen LogP contribution in [0.1, 0.15) is 64.5 Å². The number of carbonyl (C=O) groups excluding carboxylic acids is 3. The molecule has 42 heavy (non-hydrogen) atoms. The number of amides is 1. The number of oxime groups is 1. The molecule has 1 heterocycles. The van der Waals surface area contributed by atoms with Gasteiger partial charge in [-0.25, -0.2) is 9.78 Å². The molecule has 0 aliphatic heterocycles. The standard InChI is InChI=1S/C30H42N4O8/c1-28-8-6-18(34-42-15-25(38)33-22(27(39)41-3)11-19-13-31-16-32-19)10-17(28)4-5-20-21-7-9-30(40,24(37)14-35)29(21,2)12-23(36)26(20)28/h10,13,16,20-23,26,35-36,40H,4-9,11-12,14-15H2,1-3H3,(H,31,32)(H,33,38)/b34-18-/t20-,21-,22-,23+,26+,28-,29+,30-/m0/s1. The largest absolute Gasteiger partial charge is 0.467 e. The molecule has 1 aromatic rings. The van der Waals surface area contributed by atoms with Crippen molar-refractivity contribution < 1.29 is 39.3 Å². The van der Waals surface area contributed by atoms with E-state index in [4.69, 9.17) is 9.57 Å². The van der Waals surface area contributed by atoms with Gasteiger partial charge in [0.2, 0.25) is 0 Å². The lowest BCUT2D eigenvalue weighted by Crippen LogP contribution is -2.62. The molecule has 0 saturated heterocycles. The summed E-state index contributed by atoms with van der Waals surface area (Å²) in [6.07, 6.45) is 8.90. The number of aromatic amines is 1. The third-order valence-corrected chi connectivity index (χ3v) is 10.8. The molecule has 3 saturated carbocycles. The first-order valence-corrected chi connectivity index (χ1v) is 14.8. The van der Waals surface area contributed by atoms with Crippen LogP contribution in [0, 0.1) is 28.6 Å². The SMILES string of the molecule is COC(=O)[C@H](Cc1cnc[nH]1)NC(=O)CO/N=C1\C=C2CC[C@@H]3[C@H]([C@H](O)C[C@]4(C)[C@H]3CC[C@]4(O)C(=O)CO)[C@@]2(C)CC1. The van der Waals surface area contributed by atoms with Crippen LogP contribution in [0.4, 0.5) is 0 Å². The average Bonchev–Trinajstić information content (AvgIpc) is 3.57. The maximum absolute atomic E-state index is 12.6. The Morgan fingerprint density at radius 1 is 1.24 bits per heavy atom. The zero-order chi connectivity index (χ0) is 30.3. The minimum atomic E-state index is -1.61. The summed E-state index contributed by atoms with van der Waals surface area (Å²) in [5.74, 6) is -1.41. The Labute approximate surface area is 244 Å². The molecule has 12 nitrogen and oxygen atoms in total. The van der Waals surface area contributed by atoms with Crippen LogP contribution >= 0.6 is 0 Å². The Balaban J connectivity index is 1.24. The van der Waals surface area contributed by atoms with E-state index in [2.05, 4.69) is 27.4 Å². The second-order valence-corrected chi connectivity index (χ2v) is 12.9. The number of ether oxygens (including phenoxy) is 1. The van der Waals surface area contributed by atoms with Crippen molar-refractivity contribution in [3.8, 4) is 0 Å². The second kappa shape index (κ2) is 11.5. The Bertz CT molecular complexity index is 1260. The number of ketones is 1. The van der Waals surface area contributed by atoms with Crippen LogP contribution in [0.2, 0.25) is 0 Å². The molecule has 4 aliphatic rings. The van der Waals surface area contributed by atoms with Crippen molar-refractivity contribution in [3.05, 3.63) is 29.9 Å². The van der Waals surface area contributed by atoms with Gasteiger partial charge in [-0.05, 0) is 74.2 Å². The van der Waals surface area contributed by atoms with E-state index in [0.29, 0.717) is 31.4 Å². The van der Waals surface area contributed by atoms with Gasteiger partial charge in [0.1, 0.15) is 18.2 Å². The summed E-state index contributed by atoms with van der Waals surface area (Å²) in [5, 5.41) is 39.3. The van der Waals surface area contributed by atoms with Crippen LogP contribution in [0.25, 0.3) is 0 Å². The van der Waals surface area contributed by atoms with E-state index in [1.807, 2.05) is 13.0 Å². The summed E-state index contributed by atoms with van der Waals surface area (Å²) in [7, 11) is 1.26. The van der Waals surface area contributed by atoms with Crippen LogP contribution in [0.3, 0.4) is 0 Å². The number of allylic oxidation sites excluding steroid dienone is 2. The molecule has 230 valence electrons. The first kappa shape index (κ1) is 30.4. The Kier molecular flexibility index (Phi) is 8.34. The molecule has 4 aliphatic carbocycles. The van der Waals surface area contributed by atoms with Gasteiger partial charge in [-0.3, -0.25) is 9.59 Å². The molecule has 0 radical (unpaired) electrons. The number of aliphatic hydroxyl groups excluding tert-OH is 2. The monoisotopic (exact) mass is 586 g/mol. The molecule has 3 fully saturated rings. The van der Waals surface area contributed by atoms with Crippen molar-refractivity contribution >= 4 is 23.4 Å². The predicted octanol–water partition coefficient (Wildman–Crippen LogP) is 1.21. The molecule has 5 rings (SSSR count). The first-order valence-electron chi connectivity index (χ1n) is 14.8. The van der Waals surface area contributed by atoms with E-state index < -0.39 is 47.4 Å². The van der Waals surface area contributed by atoms with Crippen molar-refractivity contribution in [2.45, 2.75) is 83.0 Å². The van der Waals surface area contributed by atoms with E-state index in [0.717, 1.165) is 25.0 Å². The van der Waals surface area contributed by atoms with Gasteiger partial charge < -0.3 is 35.2 Å². The van der Waals surface area contributed by atoms with Crippen molar-refractivity contribution in [1.29, 1.82) is 0 Å². The number of nitrogens with zero attached hydrogens (tertiary/aromatic N) is 2. The maximum Gasteiger partial charge on any atom is 0.328 e. The number of aliphatic hydroxyl groups is 3. The number of imidazole rings is 1. The van der Waals surface area contributed by atoms with Gasteiger partial charge in [-0.15, -0.1) is 0 Å². The topological polar surface area (TPSA) is 183 Å². The number of aromatic nitrogens is 2. The van der Waals surface area contributed by atoms with Gasteiger partial charge in [0.15, 0.2) is 12.4 Å². The smallest absolute Gasteiger partial charge is 0.328 e. The lowest BCUT2D eigenvalue weighted by Gasteiger charge is -2.60. The molecular weight excluding hydrogens is 544 g/mol. The van der Waals surface area contributed by atoms with Gasteiger partial charge in [0.05, 0.1) is 25.3 Å². The number of carbonyl (C=O) groups is 3. The molecule has 5 N–H and O–H groups in total. The van der Waals surface area contributed by atoms with Crippen molar-refractivity contribution in [3.63, 3.8) is 0 Å². The molecule has 0 spiro atoms.